The maximum atomic E-state index is 12.7. The molecule has 6 nitrogen and oxygen atoms in total. The summed E-state index contributed by atoms with van der Waals surface area (Å²) in [5, 5.41) is 24.6. The smallest absolute Gasteiger partial charge is 0.238 e. The first-order chi connectivity index (χ1) is 14.0. The van der Waals surface area contributed by atoms with Crippen LogP contribution in [0.15, 0.2) is 42.6 Å². The molecule has 1 saturated heterocycles. The van der Waals surface area contributed by atoms with Crippen molar-refractivity contribution in [1.29, 1.82) is 10.5 Å². The van der Waals surface area contributed by atoms with Crippen LogP contribution >= 0.6 is 0 Å². The maximum Gasteiger partial charge on any atom is 0.238 e. The second-order valence-electron chi connectivity index (χ2n) is 7.74. The van der Waals surface area contributed by atoms with Crippen molar-refractivity contribution in [2.45, 2.75) is 51.2 Å². The number of aromatic nitrogens is 1. The van der Waals surface area contributed by atoms with Gasteiger partial charge in [0.25, 0.3) is 0 Å². The Morgan fingerprint density at radius 1 is 1.17 bits per heavy atom. The third-order valence-corrected chi connectivity index (χ3v) is 5.45. The van der Waals surface area contributed by atoms with Crippen LogP contribution in [-0.4, -0.2) is 29.0 Å². The zero-order chi connectivity index (χ0) is 20.8. The van der Waals surface area contributed by atoms with Crippen molar-refractivity contribution in [3.05, 3.63) is 53.9 Å². The number of hydrogen-bond acceptors (Lipinski definition) is 5. The minimum atomic E-state index is -0.573. The van der Waals surface area contributed by atoms with Crippen molar-refractivity contribution in [1.82, 2.24) is 15.6 Å². The molecule has 4 atom stereocenters. The molecule has 0 radical (unpaired) electrons. The van der Waals surface area contributed by atoms with Gasteiger partial charge >= 0.3 is 0 Å². The highest BCUT2D eigenvalue weighted by Gasteiger charge is 2.31. The number of nitrogens with zero attached hydrogens (tertiary/aromatic N) is 3. The number of nitrogens with one attached hydrogen (secondary N) is 2. The first kappa shape index (κ1) is 20.5. The summed E-state index contributed by atoms with van der Waals surface area (Å²) in [7, 11) is 0. The standard InChI is InChI=1S/C23H25N5O/c1-15-3-4-16(2)27-22(15)23(29)28-21(13-25)11-17-5-7-18(8-6-17)19-9-10-20(12-24)26-14-19/h5-10,14-16,21-22,27H,3-4,11H2,1-2H3,(H,28,29)/t15-,16+,21+,22+/m1/s1. The Labute approximate surface area is 171 Å². The minimum Gasteiger partial charge on any atom is -0.339 e. The number of amides is 1. The average Bonchev–Trinajstić information content (AvgIpc) is 2.75. The predicted octanol–water partition coefficient (Wildman–Crippen LogP) is 2.95. The largest absolute Gasteiger partial charge is 0.339 e. The van der Waals surface area contributed by atoms with Crippen LogP contribution in [0.1, 0.15) is 37.9 Å². The van der Waals surface area contributed by atoms with E-state index in [1.54, 1.807) is 12.3 Å². The normalized spacial score (nSPS) is 22.1. The van der Waals surface area contributed by atoms with E-state index in [1.165, 1.54) is 0 Å². The van der Waals surface area contributed by atoms with E-state index in [-0.39, 0.29) is 17.9 Å². The van der Waals surface area contributed by atoms with E-state index in [9.17, 15) is 10.1 Å². The molecule has 1 amide bonds. The number of rotatable bonds is 5. The second kappa shape index (κ2) is 9.32. The second-order valence-corrected chi connectivity index (χ2v) is 7.74. The molecule has 0 saturated carbocycles. The van der Waals surface area contributed by atoms with Gasteiger partial charge in [-0.1, -0.05) is 31.2 Å². The van der Waals surface area contributed by atoms with Crippen LogP contribution < -0.4 is 10.6 Å². The van der Waals surface area contributed by atoms with Gasteiger partial charge < -0.3 is 10.6 Å². The molecular weight excluding hydrogens is 362 g/mol. The molecule has 1 aliphatic heterocycles. The fourth-order valence-corrected chi connectivity index (χ4v) is 3.66. The fourth-order valence-electron chi connectivity index (χ4n) is 3.66. The Kier molecular flexibility index (Phi) is 6.59. The molecule has 0 bridgehead atoms. The molecule has 2 N–H and O–H groups in total. The first-order valence-electron chi connectivity index (χ1n) is 9.91. The summed E-state index contributed by atoms with van der Waals surface area (Å²) in [5.74, 6) is 0.154. The highest BCUT2D eigenvalue weighted by Crippen LogP contribution is 2.21. The monoisotopic (exact) mass is 387 g/mol. The van der Waals surface area contributed by atoms with E-state index >= 15 is 0 Å². The lowest BCUT2D eigenvalue weighted by molar-refractivity contribution is -0.125. The lowest BCUT2D eigenvalue weighted by Crippen LogP contribution is -2.55. The van der Waals surface area contributed by atoms with E-state index in [1.807, 2.05) is 36.4 Å². The zero-order valence-corrected chi connectivity index (χ0v) is 16.7. The Morgan fingerprint density at radius 2 is 1.90 bits per heavy atom. The van der Waals surface area contributed by atoms with Crippen molar-refractivity contribution in [2.75, 3.05) is 0 Å². The highest BCUT2D eigenvalue weighted by atomic mass is 16.2. The molecule has 6 heteroatoms. The van der Waals surface area contributed by atoms with E-state index in [4.69, 9.17) is 5.26 Å². The number of carbonyl (C=O) groups is 1. The lowest BCUT2D eigenvalue weighted by atomic mass is 9.88. The zero-order valence-electron chi connectivity index (χ0n) is 16.7. The van der Waals surface area contributed by atoms with Gasteiger partial charge in [-0.05, 0) is 48.9 Å². The Balaban J connectivity index is 1.62. The van der Waals surface area contributed by atoms with Crippen LogP contribution in [-0.2, 0) is 11.2 Å². The van der Waals surface area contributed by atoms with Gasteiger partial charge in [0.05, 0.1) is 12.1 Å². The summed E-state index contributed by atoms with van der Waals surface area (Å²) in [6.45, 7) is 4.15. The van der Waals surface area contributed by atoms with Crippen molar-refractivity contribution in [3.8, 4) is 23.3 Å². The van der Waals surface area contributed by atoms with Gasteiger partial charge in [-0.3, -0.25) is 4.79 Å². The molecule has 1 aromatic heterocycles. The van der Waals surface area contributed by atoms with Crippen LogP contribution in [0.5, 0.6) is 0 Å². The van der Waals surface area contributed by atoms with Gasteiger partial charge in [0.2, 0.25) is 5.91 Å². The van der Waals surface area contributed by atoms with Gasteiger partial charge in [-0.2, -0.15) is 10.5 Å². The van der Waals surface area contributed by atoms with Gasteiger partial charge in [-0.25, -0.2) is 4.98 Å². The maximum absolute atomic E-state index is 12.7. The number of hydrogen-bond donors (Lipinski definition) is 2. The van der Waals surface area contributed by atoms with E-state index < -0.39 is 6.04 Å². The highest BCUT2D eigenvalue weighted by molar-refractivity contribution is 5.82. The number of benzene rings is 1. The van der Waals surface area contributed by atoms with Gasteiger partial charge in [0, 0.05) is 24.2 Å². The Hall–Kier alpha value is -3.22. The van der Waals surface area contributed by atoms with E-state index in [2.05, 4.69) is 35.5 Å². The van der Waals surface area contributed by atoms with Crippen molar-refractivity contribution in [2.24, 2.45) is 5.92 Å². The third-order valence-electron chi connectivity index (χ3n) is 5.45. The van der Waals surface area contributed by atoms with Gasteiger partial charge in [0.15, 0.2) is 0 Å². The molecule has 0 unspecified atom stereocenters. The summed E-state index contributed by atoms with van der Waals surface area (Å²) < 4.78 is 0. The van der Waals surface area contributed by atoms with E-state index in [0.717, 1.165) is 29.5 Å². The van der Waals surface area contributed by atoms with Crippen LogP contribution in [0.25, 0.3) is 11.1 Å². The molecule has 148 valence electrons. The molecule has 0 spiro atoms. The average molecular weight is 387 g/mol. The third kappa shape index (κ3) is 5.19. The first-order valence-corrected chi connectivity index (χ1v) is 9.91. The van der Waals surface area contributed by atoms with Crippen LogP contribution in [0.4, 0.5) is 0 Å². The molecule has 1 fully saturated rings. The summed E-state index contributed by atoms with van der Waals surface area (Å²) >= 11 is 0. The molecule has 29 heavy (non-hydrogen) atoms. The Morgan fingerprint density at radius 3 is 2.52 bits per heavy atom. The molecular formula is C23H25N5O. The lowest BCUT2D eigenvalue weighted by Gasteiger charge is -2.33. The van der Waals surface area contributed by atoms with Gasteiger partial charge in [-0.15, -0.1) is 0 Å². The Bertz CT molecular complexity index is 924. The van der Waals surface area contributed by atoms with Crippen LogP contribution in [0.2, 0.25) is 0 Å². The molecule has 2 heterocycles. The topological polar surface area (TPSA) is 102 Å². The quantitative estimate of drug-likeness (QED) is 0.821. The SMILES string of the molecule is C[C@@H]1CC[C@H](C)N[C@@H]1C(=O)N[C@H](C#N)Cc1ccc(-c2ccc(C#N)nc2)cc1. The molecule has 0 aliphatic carbocycles. The number of piperidine rings is 1. The summed E-state index contributed by atoms with van der Waals surface area (Å²) in [4.78, 5) is 16.7. The van der Waals surface area contributed by atoms with E-state index in [0.29, 0.717) is 18.2 Å². The van der Waals surface area contributed by atoms with Crippen molar-refractivity contribution < 1.29 is 4.79 Å². The molecule has 1 aromatic carbocycles. The van der Waals surface area contributed by atoms with Crippen molar-refractivity contribution >= 4 is 5.91 Å². The molecule has 2 aromatic rings. The van der Waals surface area contributed by atoms with Crippen LogP contribution in [0.3, 0.4) is 0 Å². The van der Waals surface area contributed by atoms with Crippen molar-refractivity contribution in [3.63, 3.8) is 0 Å². The summed E-state index contributed by atoms with van der Waals surface area (Å²) in [6, 6.07) is 15.1. The van der Waals surface area contributed by atoms with Crippen LogP contribution in [0, 0.1) is 28.6 Å². The molecule has 3 rings (SSSR count). The minimum absolute atomic E-state index is 0.101. The molecule has 1 aliphatic rings. The fraction of sp³-hybridized carbons (Fsp3) is 0.391. The van der Waals surface area contributed by atoms with Gasteiger partial charge in [0.1, 0.15) is 17.8 Å². The predicted molar refractivity (Wildman–Crippen MR) is 110 cm³/mol. The summed E-state index contributed by atoms with van der Waals surface area (Å²) in [5.41, 5.74) is 3.26. The summed E-state index contributed by atoms with van der Waals surface area (Å²) in [6.07, 6.45) is 4.19. The number of pyridine rings is 1. The number of carbonyl (C=O) groups excluding carboxylic acids is 1. The number of nitriles is 2.